The molecular formula is C11H16B3F12N5O-2. The van der Waals surface area contributed by atoms with Crippen LogP contribution in [-0.2, 0) is 0 Å². The Morgan fingerprint density at radius 3 is 1.53 bits per heavy atom. The van der Waals surface area contributed by atoms with Crippen LogP contribution in [0.3, 0.4) is 0 Å². The molecule has 0 unspecified atom stereocenters. The normalized spacial score (nSPS) is 11.1. The van der Waals surface area contributed by atoms with Gasteiger partial charge in [-0.05, 0) is 17.3 Å². The van der Waals surface area contributed by atoms with Gasteiger partial charge in [0.15, 0.2) is 0 Å². The average molecular weight is 495 g/mol. The molecule has 0 atom stereocenters. The van der Waals surface area contributed by atoms with E-state index < -0.39 is 21.8 Å². The Balaban J connectivity index is 0. The molecule has 1 aromatic carbocycles. The smallest absolute Gasteiger partial charge is 0.418 e. The molecule has 0 fully saturated rings. The fraction of sp³-hybridized carbons (Fsp3) is 0.364. The second-order valence-corrected chi connectivity index (χ2v) is 5.60. The summed E-state index contributed by atoms with van der Waals surface area (Å²) < 4.78 is 119. The van der Waals surface area contributed by atoms with E-state index >= 15 is 0 Å². The summed E-state index contributed by atoms with van der Waals surface area (Å²) in [5.74, 6) is 0. The van der Waals surface area contributed by atoms with Crippen molar-refractivity contribution in [3.63, 3.8) is 0 Å². The van der Waals surface area contributed by atoms with Gasteiger partial charge < -0.3 is 51.8 Å². The molecule has 1 aromatic heterocycles. The first kappa shape index (κ1) is 31.4. The van der Waals surface area contributed by atoms with Gasteiger partial charge in [-0.2, -0.15) is 0 Å². The van der Waals surface area contributed by atoms with E-state index in [4.69, 9.17) is 4.84 Å². The third-order valence-corrected chi connectivity index (χ3v) is 2.25. The van der Waals surface area contributed by atoms with Crippen molar-refractivity contribution in [3.05, 3.63) is 24.3 Å². The molecule has 6 nitrogen and oxygen atoms in total. The Hall–Kier alpha value is -2.76. The summed E-state index contributed by atoms with van der Waals surface area (Å²) >= 11 is 0. The highest BCUT2D eigenvalue weighted by Gasteiger charge is 2.21. The molecule has 0 saturated carbocycles. The fourth-order valence-electron chi connectivity index (χ4n) is 1.56. The maximum atomic E-state index is 9.75. The maximum absolute atomic E-state index is 9.75. The van der Waals surface area contributed by atoms with Crippen LogP contribution < -0.4 is 4.84 Å². The van der Waals surface area contributed by atoms with Crippen LogP contribution in [0.2, 0.25) is 0 Å². The molecule has 0 aliphatic rings. The van der Waals surface area contributed by atoms with Crippen LogP contribution >= 0.6 is 0 Å². The summed E-state index contributed by atoms with van der Waals surface area (Å²) in [6.07, 6.45) is 0. The van der Waals surface area contributed by atoms with Crippen molar-refractivity contribution in [1.82, 2.24) is 20.1 Å². The molecule has 1 heterocycles. The minimum atomic E-state index is -6.00. The van der Waals surface area contributed by atoms with Crippen LogP contribution in [0.1, 0.15) is 0 Å². The third kappa shape index (κ3) is 21.9. The summed E-state index contributed by atoms with van der Waals surface area (Å²) in [4.78, 5) is 8.99. The Kier molecular flexibility index (Phi) is 12.7. The number of para-hydroxylation sites is 1. The Labute approximate surface area is 173 Å². The molecule has 0 radical (unpaired) electrons. The van der Waals surface area contributed by atoms with Crippen molar-refractivity contribution in [1.29, 1.82) is 0 Å². The molecule has 0 aliphatic heterocycles. The van der Waals surface area contributed by atoms with E-state index in [9.17, 15) is 51.8 Å². The highest BCUT2D eigenvalue weighted by Crippen LogP contribution is 2.09. The lowest BCUT2D eigenvalue weighted by Gasteiger charge is -2.10. The predicted molar refractivity (Wildman–Crippen MR) is 95.5 cm³/mol. The standard InChI is InChI=1S/C11H16N5O.3BF4/c1-14(2)11(15(3)4)17-16-10-8-6-5-7-9(10)12-13-16;3*2-1(3,4)5/h5-8H,1-4H3;;;/q+1;3*-1. The molecule has 0 bridgehead atoms. The lowest BCUT2D eigenvalue weighted by molar-refractivity contribution is -0.480. The first-order valence-corrected chi connectivity index (χ1v) is 7.92. The molecule has 2 aromatic rings. The zero-order chi connectivity index (χ0) is 25.9. The van der Waals surface area contributed by atoms with Gasteiger partial charge in [-0.15, -0.1) is 5.10 Å². The largest absolute Gasteiger partial charge is 0.673 e. The molecule has 0 aliphatic carbocycles. The summed E-state index contributed by atoms with van der Waals surface area (Å²) in [7, 11) is -10.4. The monoisotopic (exact) mass is 495 g/mol. The molecule has 186 valence electrons. The predicted octanol–water partition coefficient (Wildman–Crippen LogP) is 3.95. The van der Waals surface area contributed by atoms with Gasteiger partial charge in [-0.25, -0.2) is 9.48 Å². The molecule has 21 heteroatoms. The highest BCUT2D eigenvalue weighted by atomic mass is 19.5. The minimum absolute atomic E-state index is 0.681. The van der Waals surface area contributed by atoms with Gasteiger partial charge in [-0.1, -0.05) is 17.0 Å². The van der Waals surface area contributed by atoms with Crippen molar-refractivity contribution in [2.75, 3.05) is 28.2 Å². The Morgan fingerprint density at radius 2 is 1.19 bits per heavy atom. The van der Waals surface area contributed by atoms with E-state index in [1.165, 1.54) is 4.85 Å². The van der Waals surface area contributed by atoms with Crippen LogP contribution in [0.5, 0.6) is 0 Å². The number of nitrogens with zero attached hydrogens (tertiary/aromatic N) is 5. The van der Waals surface area contributed by atoms with Gasteiger partial charge in [0.1, 0.15) is 11.0 Å². The number of amidine groups is 1. The van der Waals surface area contributed by atoms with Gasteiger partial charge >= 0.3 is 27.8 Å². The SMILES string of the molecule is CN(C)C(On1nnc2ccccc21)=[N+](C)C.F[B-](F)(F)F.F[B-](F)(F)F.F[B-](F)(F)F. The average Bonchev–Trinajstić information content (AvgIpc) is 2.90. The van der Waals surface area contributed by atoms with Gasteiger partial charge in [0.25, 0.3) is 0 Å². The lowest BCUT2D eigenvalue weighted by Crippen LogP contribution is -2.39. The van der Waals surface area contributed by atoms with E-state index in [1.807, 2.05) is 61.9 Å². The zero-order valence-corrected chi connectivity index (χ0v) is 16.7. The topological polar surface area (TPSA) is 46.2 Å². The van der Waals surface area contributed by atoms with E-state index in [1.54, 1.807) is 0 Å². The summed E-state index contributed by atoms with van der Waals surface area (Å²) in [5, 5.41) is 8.00. The van der Waals surface area contributed by atoms with Gasteiger partial charge in [0.2, 0.25) is 0 Å². The van der Waals surface area contributed by atoms with Crippen LogP contribution in [-0.4, -0.2) is 80.6 Å². The summed E-state index contributed by atoms with van der Waals surface area (Å²) in [6.45, 7) is 0. The maximum Gasteiger partial charge on any atom is 0.673 e. The second kappa shape index (κ2) is 12.9. The van der Waals surface area contributed by atoms with Gasteiger partial charge in [0, 0.05) is 0 Å². The quantitative estimate of drug-likeness (QED) is 0.198. The molecule has 0 saturated heterocycles. The van der Waals surface area contributed by atoms with Crippen LogP contribution in [0.15, 0.2) is 24.3 Å². The highest BCUT2D eigenvalue weighted by molar-refractivity contribution is 6.50. The number of benzene rings is 1. The lowest BCUT2D eigenvalue weighted by atomic mass is 10.3. The number of aromatic nitrogens is 3. The molecular weight excluding hydrogens is 479 g/mol. The molecule has 0 amide bonds. The van der Waals surface area contributed by atoms with Crippen LogP contribution in [0, 0.1) is 0 Å². The van der Waals surface area contributed by atoms with Crippen molar-refractivity contribution >= 4 is 38.8 Å². The minimum Gasteiger partial charge on any atom is -0.418 e. The summed E-state index contributed by atoms with van der Waals surface area (Å²) in [6, 6.07) is 8.34. The van der Waals surface area contributed by atoms with Gasteiger partial charge in [0.05, 0.1) is 28.2 Å². The number of hydrogen-bond donors (Lipinski definition) is 0. The number of rotatable bonds is 1. The van der Waals surface area contributed by atoms with Crippen molar-refractivity contribution < 1.29 is 61.2 Å². The number of fused-ring (bicyclic) bond motifs is 1. The van der Waals surface area contributed by atoms with Gasteiger partial charge in [-0.3, -0.25) is 4.84 Å². The third-order valence-electron chi connectivity index (χ3n) is 2.25. The van der Waals surface area contributed by atoms with Crippen molar-refractivity contribution in [2.45, 2.75) is 0 Å². The second-order valence-electron chi connectivity index (χ2n) is 5.60. The van der Waals surface area contributed by atoms with Crippen LogP contribution in [0.25, 0.3) is 11.0 Å². The molecule has 32 heavy (non-hydrogen) atoms. The number of hydrogen-bond acceptors (Lipinski definition) is 3. The first-order chi connectivity index (χ1) is 14.1. The van der Waals surface area contributed by atoms with Crippen molar-refractivity contribution in [2.24, 2.45) is 0 Å². The summed E-state index contributed by atoms with van der Waals surface area (Å²) in [5.41, 5.74) is 1.65. The molecule has 0 N–H and O–H groups in total. The van der Waals surface area contributed by atoms with E-state index in [0.29, 0.717) is 6.02 Å². The van der Waals surface area contributed by atoms with E-state index in [2.05, 4.69) is 10.3 Å². The van der Waals surface area contributed by atoms with Crippen LogP contribution in [0.4, 0.5) is 51.8 Å². The Morgan fingerprint density at radius 1 is 0.812 bits per heavy atom. The zero-order valence-electron chi connectivity index (χ0n) is 16.7. The molecule has 2 rings (SSSR count). The van der Waals surface area contributed by atoms with E-state index in [-0.39, 0.29) is 0 Å². The first-order valence-electron chi connectivity index (χ1n) is 7.92. The molecule has 0 spiro atoms. The van der Waals surface area contributed by atoms with E-state index in [0.717, 1.165) is 11.0 Å². The number of halogens is 12. The van der Waals surface area contributed by atoms with Crippen molar-refractivity contribution in [3.8, 4) is 0 Å². The Bertz CT molecular complexity index is 786. The fourth-order valence-corrected chi connectivity index (χ4v) is 1.56.